The molecule has 4 unspecified atom stereocenters. The summed E-state index contributed by atoms with van der Waals surface area (Å²) in [4.78, 5) is 20.2. The maximum atomic E-state index is 11.2. The van der Waals surface area contributed by atoms with Gasteiger partial charge in [-0.3, -0.25) is 4.52 Å². The summed E-state index contributed by atoms with van der Waals surface area (Å²) in [6.07, 6.45) is 3.58. The predicted molar refractivity (Wildman–Crippen MR) is 77.3 cm³/mol. The van der Waals surface area contributed by atoms with Crippen molar-refractivity contribution in [3.8, 4) is 0 Å². The van der Waals surface area contributed by atoms with Crippen molar-refractivity contribution >= 4 is 15.7 Å². The smallest absolute Gasteiger partial charge is 0.387 e. The van der Waals surface area contributed by atoms with E-state index >= 15 is 0 Å². The summed E-state index contributed by atoms with van der Waals surface area (Å²) in [5.41, 5.74) is 1.16. The van der Waals surface area contributed by atoms with Gasteiger partial charge in [0, 0.05) is 18.5 Å². The lowest BCUT2D eigenvalue weighted by Gasteiger charge is -2.38. The van der Waals surface area contributed by atoms with E-state index in [1.54, 1.807) is 0 Å². The molecule has 0 aromatic carbocycles. The average molecular weight is 300 g/mol. The average Bonchev–Trinajstić information content (AvgIpc) is 2.67. The molecule has 8 heteroatoms. The number of rotatable bonds is 5. The van der Waals surface area contributed by atoms with Crippen LogP contribution in [-0.2, 0) is 9.09 Å². The number of fused-ring (bicyclic) bond motifs is 1. The molecule has 0 aromatic heterocycles. The molecule has 4 atom stereocenters. The van der Waals surface area contributed by atoms with Crippen molar-refractivity contribution in [3.63, 3.8) is 0 Å². The van der Waals surface area contributed by atoms with Gasteiger partial charge in [0.1, 0.15) is 0 Å². The van der Waals surface area contributed by atoms with Gasteiger partial charge in [-0.1, -0.05) is 5.82 Å². The van der Waals surface area contributed by atoms with Crippen LogP contribution in [0.25, 0.3) is 0 Å². The Morgan fingerprint density at radius 3 is 2.80 bits per heavy atom. The zero-order chi connectivity index (χ0) is 14.9. The molecule has 0 spiro atoms. The van der Waals surface area contributed by atoms with Gasteiger partial charge in [0.15, 0.2) is 0 Å². The van der Waals surface area contributed by atoms with Crippen molar-refractivity contribution in [3.05, 3.63) is 11.8 Å². The Labute approximate surface area is 121 Å². The Hall–Kier alpha value is -0.325. The van der Waals surface area contributed by atoms with Crippen LogP contribution >= 0.6 is 7.82 Å². The topological polar surface area (TPSA) is 82.0 Å². The number of phosphoric acid groups is 1. The highest BCUT2D eigenvalue weighted by molar-refractivity contribution is 7.46. The first kappa shape index (κ1) is 16.1. The lowest BCUT2D eigenvalue weighted by molar-refractivity contribution is 0.0634. The molecule has 1 heterocycles. The summed E-state index contributed by atoms with van der Waals surface area (Å²) in [5, 5.41) is 3.29. The Kier molecular flexibility index (Phi) is 4.98. The van der Waals surface area contributed by atoms with Gasteiger partial charge >= 0.3 is 7.82 Å². The van der Waals surface area contributed by atoms with Crippen LogP contribution in [0.4, 0.5) is 0 Å². The minimum atomic E-state index is -4.50. The van der Waals surface area contributed by atoms with Crippen LogP contribution in [0.5, 0.6) is 0 Å². The summed E-state index contributed by atoms with van der Waals surface area (Å²) in [6.45, 7) is 0.894. The SMILES string of the molecule is [B]C1CC2NC=C(CCN(C)C)C2C(OP(=O)(O)O)C1. The van der Waals surface area contributed by atoms with Crippen molar-refractivity contribution in [2.75, 3.05) is 20.6 Å². The van der Waals surface area contributed by atoms with Crippen molar-refractivity contribution in [2.45, 2.75) is 37.2 Å². The molecular formula is C12H22BN2O4P. The first-order valence-electron chi connectivity index (χ1n) is 6.85. The Bertz CT molecular complexity index is 426. The fourth-order valence-electron chi connectivity index (χ4n) is 3.13. The molecule has 1 saturated carbocycles. The molecule has 20 heavy (non-hydrogen) atoms. The summed E-state index contributed by atoms with van der Waals surface area (Å²) in [5.74, 6) is -0.0933. The Morgan fingerprint density at radius 1 is 1.50 bits per heavy atom. The molecule has 1 fully saturated rings. The Balaban J connectivity index is 2.09. The lowest BCUT2D eigenvalue weighted by Crippen LogP contribution is -2.42. The van der Waals surface area contributed by atoms with Crippen molar-refractivity contribution in [2.24, 2.45) is 5.92 Å². The zero-order valence-corrected chi connectivity index (χ0v) is 12.8. The number of nitrogens with one attached hydrogen (secondary N) is 1. The molecule has 2 rings (SSSR count). The van der Waals surface area contributed by atoms with E-state index in [0.29, 0.717) is 6.42 Å². The molecule has 0 amide bonds. The first-order chi connectivity index (χ1) is 9.26. The van der Waals surface area contributed by atoms with E-state index in [1.807, 2.05) is 20.3 Å². The molecule has 2 radical (unpaired) electrons. The summed E-state index contributed by atoms with van der Waals surface area (Å²) in [6, 6.07) is 0.118. The van der Waals surface area contributed by atoms with E-state index < -0.39 is 13.9 Å². The van der Waals surface area contributed by atoms with E-state index in [4.69, 9.17) is 22.2 Å². The molecule has 2 aliphatic rings. The predicted octanol–water partition coefficient (Wildman–Crippen LogP) is 0.639. The standard InChI is InChI=1S/C12H22BN2O4P/c1-15(2)4-3-8-7-14-10-5-9(13)6-11(12(8)10)19-20(16,17)18/h7,9-12,14H,3-6H2,1-2H3,(H2,16,17,18). The van der Waals surface area contributed by atoms with Crippen LogP contribution in [0.3, 0.4) is 0 Å². The van der Waals surface area contributed by atoms with E-state index in [1.165, 1.54) is 0 Å². The minimum Gasteiger partial charge on any atom is -0.387 e. The third-order valence-corrected chi connectivity index (χ3v) is 4.50. The summed E-state index contributed by atoms with van der Waals surface area (Å²) in [7, 11) is 5.47. The van der Waals surface area contributed by atoms with Gasteiger partial charge in [-0.15, -0.1) is 0 Å². The maximum absolute atomic E-state index is 11.2. The van der Waals surface area contributed by atoms with Gasteiger partial charge in [0.2, 0.25) is 0 Å². The monoisotopic (exact) mass is 300 g/mol. The minimum absolute atomic E-state index is 0.00220. The van der Waals surface area contributed by atoms with E-state index in [9.17, 15) is 4.57 Å². The Morgan fingerprint density at radius 2 is 2.20 bits per heavy atom. The number of nitrogens with zero attached hydrogens (tertiary/aromatic N) is 1. The molecule has 0 saturated heterocycles. The molecule has 0 aromatic rings. The quantitative estimate of drug-likeness (QED) is 0.510. The van der Waals surface area contributed by atoms with Gasteiger partial charge in [-0.25, -0.2) is 4.57 Å². The van der Waals surface area contributed by atoms with Gasteiger partial charge < -0.3 is 20.0 Å². The van der Waals surface area contributed by atoms with Crippen molar-refractivity contribution < 1.29 is 18.9 Å². The molecule has 6 nitrogen and oxygen atoms in total. The van der Waals surface area contributed by atoms with E-state index in [0.717, 1.165) is 25.0 Å². The molecule has 3 N–H and O–H groups in total. The van der Waals surface area contributed by atoms with Crippen LogP contribution < -0.4 is 5.32 Å². The highest BCUT2D eigenvalue weighted by Crippen LogP contribution is 2.48. The van der Waals surface area contributed by atoms with Gasteiger partial charge in [-0.2, -0.15) is 0 Å². The third kappa shape index (κ3) is 4.09. The number of hydrogen-bond donors (Lipinski definition) is 3. The molecule has 1 aliphatic heterocycles. The maximum Gasteiger partial charge on any atom is 0.469 e. The number of phosphoric ester groups is 1. The van der Waals surface area contributed by atoms with Gasteiger partial charge in [0.25, 0.3) is 0 Å². The second kappa shape index (κ2) is 6.20. The van der Waals surface area contributed by atoms with Crippen molar-refractivity contribution in [1.82, 2.24) is 10.2 Å². The molecule has 112 valence electrons. The van der Waals surface area contributed by atoms with Crippen LogP contribution in [0.2, 0.25) is 5.82 Å². The fraction of sp³-hybridized carbons (Fsp3) is 0.833. The van der Waals surface area contributed by atoms with E-state index in [-0.39, 0.29) is 17.8 Å². The van der Waals surface area contributed by atoms with Gasteiger partial charge in [-0.05, 0) is 45.1 Å². The normalized spacial score (nSPS) is 33.8. The fourth-order valence-corrected chi connectivity index (χ4v) is 3.70. The summed E-state index contributed by atoms with van der Waals surface area (Å²) >= 11 is 0. The van der Waals surface area contributed by atoms with Crippen LogP contribution in [0.1, 0.15) is 19.3 Å². The third-order valence-electron chi connectivity index (χ3n) is 3.96. The summed E-state index contributed by atoms with van der Waals surface area (Å²) < 4.78 is 16.1. The zero-order valence-electron chi connectivity index (χ0n) is 11.9. The van der Waals surface area contributed by atoms with E-state index in [2.05, 4.69) is 10.2 Å². The second-order valence-corrected chi connectivity index (χ2v) is 7.13. The largest absolute Gasteiger partial charge is 0.469 e. The van der Waals surface area contributed by atoms with Crippen molar-refractivity contribution in [1.29, 1.82) is 0 Å². The van der Waals surface area contributed by atoms with Gasteiger partial charge in [0.05, 0.1) is 14.0 Å². The lowest BCUT2D eigenvalue weighted by atomic mass is 9.67. The second-order valence-electron chi connectivity index (χ2n) is 5.94. The van der Waals surface area contributed by atoms with Crippen LogP contribution in [-0.4, -0.2) is 55.3 Å². The highest BCUT2D eigenvalue weighted by atomic mass is 31.2. The van der Waals surface area contributed by atoms with Crippen LogP contribution in [0.15, 0.2) is 11.8 Å². The van der Waals surface area contributed by atoms with Crippen LogP contribution in [0, 0.1) is 5.92 Å². The molecule has 0 bridgehead atoms. The molecular weight excluding hydrogens is 278 g/mol. The number of hydrogen-bond acceptors (Lipinski definition) is 4. The molecule has 1 aliphatic carbocycles. The highest BCUT2D eigenvalue weighted by Gasteiger charge is 2.43. The first-order valence-corrected chi connectivity index (χ1v) is 8.38.